The summed E-state index contributed by atoms with van der Waals surface area (Å²) in [4.78, 5) is 8.00. The Labute approximate surface area is 206 Å². The molecular formula is C28H37N5O2. The SMILES string of the molecule is COc1cc(-c2[nH]c3ccc(C4CCC(NCC(C)(C)O)CC4)cc3c2C(C)C)cn2ncnc12. The van der Waals surface area contributed by atoms with Gasteiger partial charge in [-0.15, -0.1) is 0 Å². The van der Waals surface area contributed by atoms with E-state index in [1.807, 2.05) is 26.1 Å². The summed E-state index contributed by atoms with van der Waals surface area (Å²) < 4.78 is 7.39. The molecule has 3 N–H and O–H groups in total. The van der Waals surface area contributed by atoms with Gasteiger partial charge in [-0.3, -0.25) is 0 Å². The van der Waals surface area contributed by atoms with Gasteiger partial charge in [-0.1, -0.05) is 19.9 Å². The highest BCUT2D eigenvalue weighted by Crippen LogP contribution is 2.40. The Bertz CT molecular complexity index is 1320. The van der Waals surface area contributed by atoms with Crippen LogP contribution in [0.4, 0.5) is 0 Å². The van der Waals surface area contributed by atoms with Gasteiger partial charge in [-0.2, -0.15) is 5.10 Å². The van der Waals surface area contributed by atoms with Crippen molar-refractivity contribution < 1.29 is 9.84 Å². The fraction of sp³-hybridized carbons (Fsp3) is 0.500. The minimum atomic E-state index is -0.663. The number of nitrogens with one attached hydrogen (secondary N) is 2. The molecule has 0 atom stereocenters. The summed E-state index contributed by atoms with van der Waals surface area (Å²) in [5.74, 6) is 1.64. The zero-order valence-electron chi connectivity index (χ0n) is 21.4. The van der Waals surface area contributed by atoms with E-state index in [1.165, 1.54) is 29.4 Å². The van der Waals surface area contributed by atoms with Crippen molar-refractivity contribution in [2.75, 3.05) is 13.7 Å². The number of hydrogen-bond donors (Lipinski definition) is 3. The lowest BCUT2D eigenvalue weighted by Gasteiger charge is -2.31. The van der Waals surface area contributed by atoms with Crippen molar-refractivity contribution in [2.24, 2.45) is 0 Å². The van der Waals surface area contributed by atoms with E-state index in [1.54, 1.807) is 18.0 Å². The zero-order chi connectivity index (χ0) is 24.7. The van der Waals surface area contributed by atoms with Crippen LogP contribution < -0.4 is 10.1 Å². The molecule has 0 radical (unpaired) electrons. The lowest BCUT2D eigenvalue weighted by Crippen LogP contribution is -2.42. The quantitative estimate of drug-likeness (QED) is 0.333. The predicted molar refractivity (Wildman–Crippen MR) is 140 cm³/mol. The summed E-state index contributed by atoms with van der Waals surface area (Å²) >= 11 is 0. The third kappa shape index (κ3) is 4.80. The molecule has 186 valence electrons. The number of ether oxygens (including phenoxy) is 1. The average molecular weight is 476 g/mol. The summed E-state index contributed by atoms with van der Waals surface area (Å²) in [5.41, 5.74) is 6.11. The topological polar surface area (TPSA) is 87.5 Å². The Morgan fingerprint density at radius 3 is 2.66 bits per heavy atom. The van der Waals surface area contributed by atoms with Crippen molar-refractivity contribution in [3.63, 3.8) is 0 Å². The maximum absolute atomic E-state index is 10.0. The second-order valence-corrected chi connectivity index (χ2v) is 10.9. The molecule has 4 aromatic rings. The first-order valence-electron chi connectivity index (χ1n) is 12.7. The predicted octanol–water partition coefficient (Wildman–Crippen LogP) is 5.40. The molecule has 1 aromatic carbocycles. The number of H-pyrrole nitrogens is 1. The molecule has 1 fully saturated rings. The van der Waals surface area contributed by atoms with Crippen molar-refractivity contribution in [2.45, 2.75) is 76.9 Å². The maximum Gasteiger partial charge on any atom is 0.197 e. The van der Waals surface area contributed by atoms with E-state index < -0.39 is 5.60 Å². The van der Waals surface area contributed by atoms with Crippen LogP contribution in [0.1, 0.15) is 76.3 Å². The monoisotopic (exact) mass is 475 g/mol. The van der Waals surface area contributed by atoms with Gasteiger partial charge in [0.15, 0.2) is 11.4 Å². The molecule has 1 aliphatic rings. The Kier molecular flexibility index (Phi) is 6.32. The van der Waals surface area contributed by atoms with Crippen LogP contribution >= 0.6 is 0 Å². The molecule has 0 unspecified atom stereocenters. The van der Waals surface area contributed by atoms with Crippen LogP contribution in [0, 0.1) is 0 Å². The molecule has 0 aliphatic heterocycles. The van der Waals surface area contributed by atoms with Crippen molar-refractivity contribution >= 4 is 16.6 Å². The molecule has 35 heavy (non-hydrogen) atoms. The van der Waals surface area contributed by atoms with E-state index in [0.717, 1.165) is 29.6 Å². The second-order valence-electron chi connectivity index (χ2n) is 10.9. The first kappa shape index (κ1) is 23.8. The summed E-state index contributed by atoms with van der Waals surface area (Å²) in [5, 5.41) is 19.2. The average Bonchev–Trinajstić information content (AvgIpc) is 3.46. The molecule has 7 heteroatoms. The van der Waals surface area contributed by atoms with E-state index in [9.17, 15) is 5.11 Å². The minimum Gasteiger partial charge on any atom is -0.493 e. The van der Waals surface area contributed by atoms with Gasteiger partial charge in [0.05, 0.1) is 18.4 Å². The van der Waals surface area contributed by atoms with E-state index in [-0.39, 0.29) is 0 Å². The zero-order valence-corrected chi connectivity index (χ0v) is 21.4. The van der Waals surface area contributed by atoms with Crippen LogP contribution in [-0.4, -0.2) is 50.0 Å². The Morgan fingerprint density at radius 1 is 1.20 bits per heavy atom. The van der Waals surface area contributed by atoms with E-state index in [0.29, 0.717) is 35.8 Å². The summed E-state index contributed by atoms with van der Waals surface area (Å²) in [6.07, 6.45) is 8.20. The molecule has 5 rings (SSSR count). The molecule has 3 aromatic heterocycles. The number of methoxy groups -OCH3 is 1. The molecular weight excluding hydrogens is 438 g/mol. The molecule has 1 aliphatic carbocycles. The second kappa shape index (κ2) is 9.28. The smallest absolute Gasteiger partial charge is 0.197 e. The standard InChI is InChI=1S/C28H37N5O2/c1-17(2)25-22-12-19(18-6-9-21(10-7-18)29-15-28(3,4)34)8-11-23(22)32-26(25)20-13-24(35-5)27-30-16-31-33(27)14-20/h8,11-14,16-18,21,29,32,34H,6-7,9-10,15H2,1-5H3. The molecule has 7 nitrogen and oxygen atoms in total. The van der Waals surface area contributed by atoms with Crippen molar-refractivity contribution in [1.82, 2.24) is 24.9 Å². The Hall–Kier alpha value is -2.90. The van der Waals surface area contributed by atoms with Gasteiger partial charge in [0.25, 0.3) is 0 Å². The van der Waals surface area contributed by atoms with Crippen molar-refractivity contribution in [3.8, 4) is 17.0 Å². The fourth-order valence-corrected chi connectivity index (χ4v) is 5.52. The molecule has 1 saturated carbocycles. The van der Waals surface area contributed by atoms with Crippen molar-refractivity contribution in [1.29, 1.82) is 0 Å². The number of aromatic amines is 1. The van der Waals surface area contributed by atoms with Crippen LogP contribution in [0.15, 0.2) is 36.8 Å². The van der Waals surface area contributed by atoms with Gasteiger partial charge in [0.1, 0.15) is 6.33 Å². The number of rotatable bonds is 7. The first-order chi connectivity index (χ1) is 16.7. The maximum atomic E-state index is 10.0. The molecule has 0 spiro atoms. The van der Waals surface area contributed by atoms with Crippen LogP contribution in [0.5, 0.6) is 5.75 Å². The van der Waals surface area contributed by atoms with Crippen LogP contribution in [-0.2, 0) is 0 Å². The minimum absolute atomic E-state index is 0.355. The first-order valence-corrected chi connectivity index (χ1v) is 12.7. The summed E-state index contributed by atoms with van der Waals surface area (Å²) in [6.45, 7) is 8.87. The lowest BCUT2D eigenvalue weighted by atomic mass is 9.81. The van der Waals surface area contributed by atoms with Gasteiger partial charge in [0.2, 0.25) is 0 Å². The number of pyridine rings is 1. The van der Waals surface area contributed by atoms with E-state index in [4.69, 9.17) is 4.74 Å². The molecule has 3 heterocycles. The van der Waals surface area contributed by atoms with Gasteiger partial charge in [-0.25, -0.2) is 9.50 Å². The summed E-state index contributed by atoms with van der Waals surface area (Å²) in [7, 11) is 1.67. The number of benzene rings is 1. The highest BCUT2D eigenvalue weighted by Gasteiger charge is 2.25. The van der Waals surface area contributed by atoms with Gasteiger partial charge >= 0.3 is 0 Å². The number of aromatic nitrogens is 4. The highest BCUT2D eigenvalue weighted by atomic mass is 16.5. The third-order valence-corrected chi connectivity index (χ3v) is 7.31. The normalized spacial score (nSPS) is 19.2. The van der Waals surface area contributed by atoms with Gasteiger partial charge < -0.3 is 20.1 Å². The van der Waals surface area contributed by atoms with Crippen molar-refractivity contribution in [3.05, 3.63) is 47.9 Å². The lowest BCUT2D eigenvalue weighted by molar-refractivity contribution is 0.0742. The van der Waals surface area contributed by atoms with Crippen LogP contribution in [0.2, 0.25) is 0 Å². The molecule has 0 saturated heterocycles. The number of hydrogen-bond acceptors (Lipinski definition) is 5. The molecule has 0 bridgehead atoms. The fourth-order valence-electron chi connectivity index (χ4n) is 5.52. The van der Waals surface area contributed by atoms with Gasteiger partial charge in [0, 0.05) is 35.2 Å². The number of nitrogens with zero attached hydrogens (tertiary/aromatic N) is 3. The third-order valence-electron chi connectivity index (χ3n) is 7.31. The summed E-state index contributed by atoms with van der Waals surface area (Å²) in [6, 6.07) is 9.48. The van der Waals surface area contributed by atoms with Crippen LogP contribution in [0.25, 0.3) is 27.8 Å². The van der Waals surface area contributed by atoms with Crippen LogP contribution in [0.3, 0.4) is 0 Å². The highest BCUT2D eigenvalue weighted by molar-refractivity contribution is 5.92. The largest absolute Gasteiger partial charge is 0.493 e. The number of aliphatic hydroxyl groups is 1. The Morgan fingerprint density at radius 2 is 1.97 bits per heavy atom. The Balaban J connectivity index is 1.45. The molecule has 0 amide bonds. The van der Waals surface area contributed by atoms with Gasteiger partial charge in [-0.05, 0) is 80.7 Å². The number of fused-ring (bicyclic) bond motifs is 2. The van der Waals surface area contributed by atoms with E-state index in [2.05, 4.69) is 52.4 Å². The van der Waals surface area contributed by atoms with E-state index >= 15 is 0 Å².